The zero-order valence-electron chi connectivity index (χ0n) is 9.41. The highest BCUT2D eigenvalue weighted by molar-refractivity contribution is 7.98. The monoisotopic (exact) mass is 277 g/mol. The van der Waals surface area contributed by atoms with Gasteiger partial charge in [-0.15, -0.1) is 10.2 Å². The molecule has 0 aliphatic rings. The fourth-order valence-electron chi connectivity index (χ4n) is 1.61. The van der Waals surface area contributed by atoms with Gasteiger partial charge in [0.2, 0.25) is 0 Å². The van der Waals surface area contributed by atoms with Gasteiger partial charge in [-0.2, -0.15) is 0 Å². The molecule has 0 bridgehead atoms. The molecule has 0 spiro atoms. The van der Waals surface area contributed by atoms with Gasteiger partial charge in [-0.3, -0.25) is 4.40 Å². The third-order valence-electron chi connectivity index (χ3n) is 2.43. The van der Waals surface area contributed by atoms with Gasteiger partial charge in [0.05, 0.1) is 11.2 Å². The fourth-order valence-corrected chi connectivity index (χ4v) is 2.13. The number of thioether (sulfide) groups is 1. The number of hydrogen-bond acceptors (Lipinski definition) is 5. The number of pyridine rings is 1. The molecule has 0 radical (unpaired) electrons. The lowest BCUT2D eigenvalue weighted by Crippen LogP contribution is -1.95. The molecule has 0 aliphatic heterocycles. The summed E-state index contributed by atoms with van der Waals surface area (Å²) >= 11 is 7.59. The predicted molar refractivity (Wildman–Crippen MR) is 70.8 cm³/mol. The van der Waals surface area contributed by atoms with Crippen LogP contribution in [0.4, 0.5) is 0 Å². The lowest BCUT2D eigenvalue weighted by Gasteiger charge is -2.02. The topological polar surface area (TPSA) is 56.0 Å². The number of halogens is 1. The van der Waals surface area contributed by atoms with Crippen LogP contribution in [0.1, 0.15) is 0 Å². The van der Waals surface area contributed by atoms with E-state index in [-0.39, 0.29) is 0 Å². The highest BCUT2D eigenvalue weighted by Crippen LogP contribution is 2.25. The smallest absolute Gasteiger partial charge is 0.188 e. The van der Waals surface area contributed by atoms with Gasteiger partial charge in [0.25, 0.3) is 0 Å². The molecule has 3 aromatic heterocycles. The van der Waals surface area contributed by atoms with Crippen LogP contribution in [-0.4, -0.2) is 30.8 Å². The second-order valence-corrected chi connectivity index (χ2v) is 4.69. The van der Waals surface area contributed by atoms with Crippen molar-refractivity contribution in [2.75, 3.05) is 6.26 Å². The molecule has 3 heterocycles. The zero-order valence-corrected chi connectivity index (χ0v) is 11.0. The maximum absolute atomic E-state index is 6.13. The average Bonchev–Trinajstić information content (AvgIpc) is 2.83. The molecule has 0 fully saturated rings. The minimum absolute atomic E-state index is 0.464. The van der Waals surface area contributed by atoms with Crippen molar-refractivity contribution in [3.05, 3.63) is 35.6 Å². The number of fused-ring (bicyclic) bond motifs is 1. The van der Waals surface area contributed by atoms with E-state index in [2.05, 4.69) is 20.2 Å². The normalized spacial score (nSPS) is 11.0. The van der Waals surface area contributed by atoms with Crippen LogP contribution in [0.2, 0.25) is 5.02 Å². The van der Waals surface area contributed by atoms with Gasteiger partial charge >= 0.3 is 0 Å². The Kier molecular flexibility index (Phi) is 2.89. The summed E-state index contributed by atoms with van der Waals surface area (Å²) in [5, 5.41) is 9.33. The zero-order chi connectivity index (χ0) is 12.5. The van der Waals surface area contributed by atoms with E-state index in [1.165, 1.54) is 11.8 Å². The maximum Gasteiger partial charge on any atom is 0.188 e. The van der Waals surface area contributed by atoms with E-state index >= 15 is 0 Å². The van der Waals surface area contributed by atoms with E-state index in [9.17, 15) is 0 Å². The molecule has 0 atom stereocenters. The van der Waals surface area contributed by atoms with Gasteiger partial charge in [0, 0.05) is 6.20 Å². The molecule has 3 rings (SSSR count). The lowest BCUT2D eigenvalue weighted by molar-refractivity contribution is 0.957. The Morgan fingerprint density at radius 1 is 1.28 bits per heavy atom. The maximum atomic E-state index is 6.13. The largest absolute Gasteiger partial charge is 0.281 e. The SMILES string of the molecule is CSc1ncc(Cl)c(-c2nnc3ccccn23)n1. The first-order valence-electron chi connectivity index (χ1n) is 5.16. The van der Waals surface area contributed by atoms with Gasteiger partial charge in [0.1, 0.15) is 5.69 Å². The first-order valence-corrected chi connectivity index (χ1v) is 6.76. The van der Waals surface area contributed by atoms with Gasteiger partial charge in [0.15, 0.2) is 16.6 Å². The van der Waals surface area contributed by atoms with Crippen LogP contribution < -0.4 is 0 Å². The van der Waals surface area contributed by atoms with Crippen molar-refractivity contribution in [2.24, 2.45) is 0 Å². The van der Waals surface area contributed by atoms with Crippen LogP contribution in [0.5, 0.6) is 0 Å². The summed E-state index contributed by atoms with van der Waals surface area (Å²) < 4.78 is 1.85. The molecular formula is C11H8ClN5S. The Bertz CT molecular complexity index is 711. The molecule has 0 amide bonds. The van der Waals surface area contributed by atoms with Gasteiger partial charge in [-0.1, -0.05) is 29.4 Å². The van der Waals surface area contributed by atoms with Crippen LogP contribution in [0.25, 0.3) is 17.2 Å². The minimum atomic E-state index is 0.464. The molecule has 0 unspecified atom stereocenters. The van der Waals surface area contributed by atoms with E-state index in [0.29, 0.717) is 21.7 Å². The van der Waals surface area contributed by atoms with Crippen molar-refractivity contribution in [2.45, 2.75) is 5.16 Å². The molecule has 18 heavy (non-hydrogen) atoms. The number of aromatic nitrogens is 5. The Balaban J connectivity index is 2.25. The Labute approximate surface area is 112 Å². The Hall–Kier alpha value is -1.66. The van der Waals surface area contributed by atoms with Gasteiger partial charge in [-0.05, 0) is 18.4 Å². The second kappa shape index (κ2) is 4.55. The van der Waals surface area contributed by atoms with Gasteiger partial charge < -0.3 is 0 Å². The minimum Gasteiger partial charge on any atom is -0.281 e. The molecule has 0 N–H and O–H groups in total. The van der Waals surface area contributed by atoms with Crippen LogP contribution in [0, 0.1) is 0 Å². The van der Waals surface area contributed by atoms with E-state index < -0.39 is 0 Å². The summed E-state index contributed by atoms with van der Waals surface area (Å²) in [5.41, 5.74) is 1.35. The van der Waals surface area contributed by atoms with Crippen LogP contribution in [0.15, 0.2) is 35.7 Å². The van der Waals surface area contributed by atoms with Crippen molar-refractivity contribution in [1.82, 2.24) is 24.6 Å². The van der Waals surface area contributed by atoms with Crippen molar-refractivity contribution >= 4 is 29.0 Å². The summed E-state index contributed by atoms with van der Waals surface area (Å²) in [5.74, 6) is 0.619. The number of nitrogens with zero attached hydrogens (tertiary/aromatic N) is 5. The summed E-state index contributed by atoms with van der Waals surface area (Å²) in [7, 11) is 0. The molecule has 90 valence electrons. The molecule has 0 saturated heterocycles. The molecule has 3 aromatic rings. The summed E-state index contributed by atoms with van der Waals surface area (Å²) in [6.45, 7) is 0. The molecular weight excluding hydrogens is 270 g/mol. The van der Waals surface area contributed by atoms with Crippen molar-refractivity contribution in [3.63, 3.8) is 0 Å². The predicted octanol–water partition coefficient (Wildman–Crippen LogP) is 2.56. The summed E-state index contributed by atoms with van der Waals surface area (Å²) in [6.07, 6.45) is 5.37. The van der Waals surface area contributed by atoms with Crippen LogP contribution in [-0.2, 0) is 0 Å². The second-order valence-electron chi connectivity index (χ2n) is 3.51. The van der Waals surface area contributed by atoms with E-state index in [0.717, 1.165) is 5.65 Å². The first kappa shape index (κ1) is 11.4. The molecule has 7 heteroatoms. The van der Waals surface area contributed by atoms with Gasteiger partial charge in [-0.25, -0.2) is 9.97 Å². The van der Waals surface area contributed by atoms with Crippen molar-refractivity contribution in [1.29, 1.82) is 0 Å². The third kappa shape index (κ3) is 1.83. The van der Waals surface area contributed by atoms with Crippen LogP contribution >= 0.6 is 23.4 Å². The first-order chi connectivity index (χ1) is 8.79. The molecule has 0 saturated carbocycles. The lowest BCUT2D eigenvalue weighted by atomic mass is 10.4. The standard InChI is InChI=1S/C11H8ClN5S/c1-18-11-13-6-7(12)9(14-11)10-16-15-8-4-2-3-5-17(8)10/h2-6H,1H3. The summed E-state index contributed by atoms with van der Waals surface area (Å²) in [6, 6.07) is 5.69. The van der Waals surface area contributed by atoms with Crippen molar-refractivity contribution < 1.29 is 0 Å². The van der Waals surface area contributed by atoms with Crippen LogP contribution in [0.3, 0.4) is 0 Å². The van der Waals surface area contributed by atoms with E-state index in [1.807, 2.05) is 35.1 Å². The number of hydrogen-bond donors (Lipinski definition) is 0. The Morgan fingerprint density at radius 3 is 3.00 bits per heavy atom. The average molecular weight is 278 g/mol. The molecule has 0 aromatic carbocycles. The highest BCUT2D eigenvalue weighted by atomic mass is 35.5. The fraction of sp³-hybridized carbons (Fsp3) is 0.0909. The quantitative estimate of drug-likeness (QED) is 0.532. The molecule has 0 aliphatic carbocycles. The third-order valence-corrected chi connectivity index (χ3v) is 3.27. The number of rotatable bonds is 2. The van der Waals surface area contributed by atoms with Crippen molar-refractivity contribution in [3.8, 4) is 11.5 Å². The van der Waals surface area contributed by atoms with E-state index in [4.69, 9.17) is 11.6 Å². The highest BCUT2D eigenvalue weighted by Gasteiger charge is 2.14. The Morgan fingerprint density at radius 2 is 2.17 bits per heavy atom. The molecule has 5 nitrogen and oxygen atoms in total. The van der Waals surface area contributed by atoms with E-state index in [1.54, 1.807) is 6.20 Å². The summed E-state index contributed by atoms with van der Waals surface area (Å²) in [4.78, 5) is 8.49.